The highest BCUT2D eigenvalue weighted by Crippen LogP contribution is 2.35. The zero-order chi connectivity index (χ0) is 24.1. The largest absolute Gasteiger partial charge is 0.497 e. The molecule has 0 bridgehead atoms. The Morgan fingerprint density at radius 3 is 2.56 bits per heavy atom. The van der Waals surface area contributed by atoms with E-state index >= 15 is 0 Å². The van der Waals surface area contributed by atoms with Crippen molar-refractivity contribution >= 4 is 17.6 Å². The van der Waals surface area contributed by atoms with Gasteiger partial charge in [0.15, 0.2) is 0 Å². The number of carbonyl (C=O) groups is 2. The first kappa shape index (κ1) is 24.0. The third-order valence-electron chi connectivity index (χ3n) is 6.68. The van der Waals surface area contributed by atoms with Gasteiger partial charge in [0.05, 0.1) is 37.9 Å². The highest BCUT2D eigenvalue weighted by atomic mass is 16.5. The van der Waals surface area contributed by atoms with Gasteiger partial charge >= 0.3 is 5.97 Å². The van der Waals surface area contributed by atoms with Gasteiger partial charge in [0.1, 0.15) is 5.75 Å². The van der Waals surface area contributed by atoms with E-state index in [1.807, 2.05) is 43.3 Å². The van der Waals surface area contributed by atoms with Crippen LogP contribution in [0, 0.1) is 12.8 Å². The molecule has 7 heteroatoms. The van der Waals surface area contributed by atoms with Crippen LogP contribution >= 0.6 is 0 Å². The fourth-order valence-corrected chi connectivity index (χ4v) is 4.77. The van der Waals surface area contributed by atoms with Crippen molar-refractivity contribution in [2.45, 2.75) is 39.2 Å². The van der Waals surface area contributed by atoms with Crippen molar-refractivity contribution in [2.24, 2.45) is 11.0 Å². The quantitative estimate of drug-likeness (QED) is 0.582. The van der Waals surface area contributed by atoms with E-state index in [-0.39, 0.29) is 30.4 Å². The number of hydrogen-bond acceptors (Lipinski definition) is 6. The van der Waals surface area contributed by atoms with Crippen molar-refractivity contribution in [1.29, 1.82) is 0 Å². The van der Waals surface area contributed by atoms with E-state index in [1.165, 1.54) is 0 Å². The molecule has 0 aliphatic carbocycles. The van der Waals surface area contributed by atoms with Gasteiger partial charge in [-0.05, 0) is 63.0 Å². The predicted molar refractivity (Wildman–Crippen MR) is 131 cm³/mol. The minimum atomic E-state index is -0.146. The number of carbonyl (C=O) groups excluding carboxylic acids is 2. The molecule has 1 atom stereocenters. The van der Waals surface area contributed by atoms with Gasteiger partial charge in [-0.15, -0.1) is 0 Å². The van der Waals surface area contributed by atoms with Crippen LogP contribution in [0.3, 0.4) is 0 Å². The molecule has 2 aliphatic heterocycles. The molecule has 0 aromatic heterocycles. The standard InChI is InChI=1S/C27H33N3O4/c1-4-34-27(32)20-12-14-29(15-13-20)18-26(31)30-25(23-11-6-5-8-19(23)2)17-24(28-30)21-9-7-10-22(16-21)33-3/h5-11,16,20,25H,4,12-15,17-18H2,1-3H3/t25-/m1/s1. The summed E-state index contributed by atoms with van der Waals surface area (Å²) in [4.78, 5) is 27.6. The summed E-state index contributed by atoms with van der Waals surface area (Å²) >= 11 is 0. The Balaban J connectivity index is 1.51. The Morgan fingerprint density at radius 1 is 1.09 bits per heavy atom. The summed E-state index contributed by atoms with van der Waals surface area (Å²) in [6, 6.07) is 15.8. The summed E-state index contributed by atoms with van der Waals surface area (Å²) < 4.78 is 10.5. The van der Waals surface area contributed by atoms with Crippen molar-refractivity contribution in [3.8, 4) is 5.75 Å². The van der Waals surface area contributed by atoms with Crippen molar-refractivity contribution in [3.05, 3.63) is 65.2 Å². The molecule has 0 saturated carbocycles. The maximum atomic E-state index is 13.5. The number of amides is 1. The Kier molecular flexibility index (Phi) is 7.63. The summed E-state index contributed by atoms with van der Waals surface area (Å²) in [7, 11) is 1.65. The number of nitrogens with zero attached hydrogens (tertiary/aromatic N) is 3. The van der Waals surface area contributed by atoms with Crippen molar-refractivity contribution in [3.63, 3.8) is 0 Å². The lowest BCUT2D eigenvalue weighted by molar-refractivity contribution is -0.149. The van der Waals surface area contributed by atoms with Crippen molar-refractivity contribution in [2.75, 3.05) is 33.4 Å². The number of esters is 1. The van der Waals surface area contributed by atoms with Gasteiger partial charge < -0.3 is 9.47 Å². The molecule has 4 rings (SSSR count). The number of hydrazone groups is 1. The SMILES string of the molecule is CCOC(=O)C1CCN(CC(=O)N2N=C(c3cccc(OC)c3)C[C@@H]2c2ccccc2C)CC1. The monoisotopic (exact) mass is 463 g/mol. The highest BCUT2D eigenvalue weighted by molar-refractivity contribution is 6.03. The first-order valence-corrected chi connectivity index (χ1v) is 12.0. The molecule has 1 saturated heterocycles. The number of hydrogen-bond donors (Lipinski definition) is 0. The average molecular weight is 464 g/mol. The average Bonchev–Trinajstić information content (AvgIpc) is 3.30. The molecule has 7 nitrogen and oxygen atoms in total. The number of rotatable bonds is 7. The van der Waals surface area contributed by atoms with E-state index in [4.69, 9.17) is 14.6 Å². The third kappa shape index (κ3) is 5.30. The van der Waals surface area contributed by atoms with Crippen LogP contribution in [0.1, 0.15) is 48.9 Å². The molecular formula is C27H33N3O4. The Hall–Kier alpha value is -3.19. The minimum absolute atomic E-state index is 0.0271. The second-order valence-electron chi connectivity index (χ2n) is 8.90. The fourth-order valence-electron chi connectivity index (χ4n) is 4.77. The summed E-state index contributed by atoms with van der Waals surface area (Å²) in [5.41, 5.74) is 4.09. The van der Waals surface area contributed by atoms with Crippen LogP contribution in [0.4, 0.5) is 0 Å². The molecule has 2 aromatic rings. The third-order valence-corrected chi connectivity index (χ3v) is 6.68. The maximum absolute atomic E-state index is 13.5. The van der Waals surface area contributed by atoms with Gasteiger partial charge in [-0.2, -0.15) is 5.10 Å². The molecule has 1 fully saturated rings. The smallest absolute Gasteiger partial charge is 0.309 e. The van der Waals surface area contributed by atoms with E-state index in [1.54, 1.807) is 12.1 Å². The van der Waals surface area contributed by atoms with Gasteiger partial charge in [0.2, 0.25) is 0 Å². The Labute approximate surface area is 201 Å². The summed E-state index contributed by atoms with van der Waals surface area (Å²) in [5, 5.41) is 6.47. The highest BCUT2D eigenvalue weighted by Gasteiger charge is 2.35. The molecule has 0 radical (unpaired) electrons. The summed E-state index contributed by atoms with van der Waals surface area (Å²) in [5.74, 6) is 0.540. The Morgan fingerprint density at radius 2 is 1.85 bits per heavy atom. The molecule has 0 spiro atoms. The number of piperidine rings is 1. The molecule has 2 aliphatic rings. The normalized spacial score (nSPS) is 19.1. The van der Waals surface area contributed by atoms with Crippen molar-refractivity contribution in [1.82, 2.24) is 9.91 Å². The van der Waals surface area contributed by atoms with Gasteiger partial charge in [0, 0.05) is 12.0 Å². The van der Waals surface area contributed by atoms with E-state index in [2.05, 4.69) is 24.0 Å². The van der Waals surface area contributed by atoms with Crippen molar-refractivity contribution < 1.29 is 19.1 Å². The minimum Gasteiger partial charge on any atom is -0.497 e. The first-order chi connectivity index (χ1) is 16.5. The predicted octanol–water partition coefficient (Wildman–Crippen LogP) is 3.96. The number of benzene rings is 2. The zero-order valence-corrected chi connectivity index (χ0v) is 20.2. The topological polar surface area (TPSA) is 71.4 Å². The van der Waals surface area contributed by atoms with Gasteiger partial charge in [-0.3, -0.25) is 14.5 Å². The molecular weight excluding hydrogens is 430 g/mol. The maximum Gasteiger partial charge on any atom is 0.309 e. The molecule has 1 amide bonds. The second-order valence-corrected chi connectivity index (χ2v) is 8.90. The molecule has 2 heterocycles. The number of aryl methyl sites for hydroxylation is 1. The first-order valence-electron chi connectivity index (χ1n) is 12.0. The fraction of sp³-hybridized carbons (Fsp3) is 0.444. The second kappa shape index (κ2) is 10.8. The summed E-state index contributed by atoms with van der Waals surface area (Å²) in [6.45, 7) is 5.98. The molecule has 0 N–H and O–H groups in total. The molecule has 0 unspecified atom stereocenters. The number of methoxy groups -OCH3 is 1. The molecule has 2 aromatic carbocycles. The lowest BCUT2D eigenvalue weighted by Gasteiger charge is -2.32. The van der Waals surface area contributed by atoms with Crippen LogP contribution < -0.4 is 4.74 Å². The van der Waals surface area contributed by atoms with E-state index in [0.717, 1.165) is 28.2 Å². The summed E-state index contributed by atoms with van der Waals surface area (Å²) in [6.07, 6.45) is 2.08. The lowest BCUT2D eigenvalue weighted by Crippen LogP contribution is -2.43. The van der Waals surface area contributed by atoms with Crippen LogP contribution in [-0.4, -0.2) is 60.8 Å². The van der Waals surface area contributed by atoms with Crippen LogP contribution in [0.15, 0.2) is 53.6 Å². The number of ether oxygens (including phenoxy) is 2. The zero-order valence-electron chi connectivity index (χ0n) is 20.2. The van der Waals surface area contributed by atoms with Gasteiger partial charge in [0.25, 0.3) is 5.91 Å². The number of likely N-dealkylation sites (tertiary alicyclic amines) is 1. The van der Waals surface area contributed by atoms with Crippen LogP contribution in [-0.2, 0) is 14.3 Å². The van der Waals surface area contributed by atoms with Crippen LogP contribution in [0.2, 0.25) is 0 Å². The van der Waals surface area contributed by atoms with Gasteiger partial charge in [-0.1, -0.05) is 36.4 Å². The van der Waals surface area contributed by atoms with E-state index in [9.17, 15) is 9.59 Å². The van der Waals surface area contributed by atoms with E-state index in [0.29, 0.717) is 39.0 Å². The Bertz CT molecular complexity index is 1060. The van der Waals surface area contributed by atoms with Gasteiger partial charge in [-0.25, -0.2) is 5.01 Å². The lowest BCUT2D eigenvalue weighted by atomic mass is 9.95. The van der Waals surface area contributed by atoms with E-state index < -0.39 is 0 Å². The van der Waals surface area contributed by atoms with Crippen LogP contribution in [0.25, 0.3) is 0 Å². The molecule has 180 valence electrons. The van der Waals surface area contributed by atoms with Crippen LogP contribution in [0.5, 0.6) is 5.75 Å². The molecule has 34 heavy (non-hydrogen) atoms.